The summed E-state index contributed by atoms with van der Waals surface area (Å²) in [6.07, 6.45) is 5.44. The lowest BCUT2D eigenvalue weighted by atomic mass is 9.79. The minimum Gasteiger partial charge on any atom is -0.307 e. The Balaban J connectivity index is 1.73. The first-order valence-electron chi connectivity index (χ1n) is 7.72. The second kappa shape index (κ2) is 5.88. The molecule has 1 aromatic rings. The van der Waals surface area contributed by atoms with Crippen LogP contribution in [0.4, 0.5) is 0 Å². The Bertz CT molecular complexity index is 431. The molecule has 0 bridgehead atoms. The van der Waals surface area contributed by atoms with E-state index in [0.29, 0.717) is 12.1 Å². The highest BCUT2D eigenvalue weighted by molar-refractivity contribution is 7.99. The molecular weight excluding hydrogens is 250 g/mol. The van der Waals surface area contributed by atoms with Gasteiger partial charge in [-0.1, -0.05) is 38.5 Å². The fraction of sp³-hybridized carbons (Fsp3) is 0.647. The van der Waals surface area contributed by atoms with Crippen LogP contribution in [0.5, 0.6) is 0 Å². The van der Waals surface area contributed by atoms with Crippen LogP contribution in [0.3, 0.4) is 0 Å². The maximum Gasteiger partial charge on any atom is 0.0341 e. The second-order valence-corrected chi connectivity index (χ2v) is 7.53. The molecule has 104 valence electrons. The molecule has 1 aliphatic carbocycles. The topological polar surface area (TPSA) is 12.0 Å². The van der Waals surface area contributed by atoms with Gasteiger partial charge >= 0.3 is 0 Å². The molecule has 1 saturated carbocycles. The average molecular weight is 275 g/mol. The van der Waals surface area contributed by atoms with Gasteiger partial charge in [-0.15, -0.1) is 11.8 Å². The van der Waals surface area contributed by atoms with Gasteiger partial charge in [0.15, 0.2) is 0 Å². The molecule has 0 amide bonds. The Kier molecular flexibility index (Phi) is 4.18. The molecule has 0 radical (unpaired) electrons. The van der Waals surface area contributed by atoms with Crippen LogP contribution >= 0.6 is 11.8 Å². The van der Waals surface area contributed by atoms with Crippen molar-refractivity contribution in [2.24, 2.45) is 11.8 Å². The first-order chi connectivity index (χ1) is 9.24. The molecule has 3 rings (SSSR count). The van der Waals surface area contributed by atoms with Crippen molar-refractivity contribution in [3.63, 3.8) is 0 Å². The Labute approximate surface area is 121 Å². The van der Waals surface area contributed by atoms with Crippen LogP contribution in [0.2, 0.25) is 0 Å². The minimum atomic E-state index is 0.579. The van der Waals surface area contributed by atoms with Crippen molar-refractivity contribution in [1.29, 1.82) is 0 Å². The van der Waals surface area contributed by atoms with E-state index in [2.05, 4.69) is 43.4 Å². The molecule has 0 saturated heterocycles. The van der Waals surface area contributed by atoms with Crippen molar-refractivity contribution in [3.05, 3.63) is 29.8 Å². The quantitative estimate of drug-likeness (QED) is 0.844. The Morgan fingerprint density at radius 3 is 2.84 bits per heavy atom. The van der Waals surface area contributed by atoms with Crippen molar-refractivity contribution >= 4 is 11.8 Å². The fourth-order valence-corrected chi connectivity index (χ4v) is 4.66. The van der Waals surface area contributed by atoms with Crippen molar-refractivity contribution < 1.29 is 0 Å². The third-order valence-electron chi connectivity index (χ3n) is 4.83. The number of fused-ring (bicyclic) bond motifs is 1. The molecule has 1 aliphatic heterocycles. The molecule has 19 heavy (non-hydrogen) atoms. The lowest BCUT2D eigenvalue weighted by molar-refractivity contribution is 0.211. The molecule has 1 N–H and O–H groups in total. The van der Waals surface area contributed by atoms with Crippen LogP contribution in [0.1, 0.15) is 51.1 Å². The molecule has 4 atom stereocenters. The van der Waals surface area contributed by atoms with E-state index in [1.807, 2.05) is 11.8 Å². The summed E-state index contributed by atoms with van der Waals surface area (Å²) in [6, 6.07) is 10.2. The van der Waals surface area contributed by atoms with Crippen LogP contribution in [-0.2, 0) is 0 Å². The van der Waals surface area contributed by atoms with E-state index in [-0.39, 0.29) is 0 Å². The maximum absolute atomic E-state index is 3.98. The monoisotopic (exact) mass is 275 g/mol. The van der Waals surface area contributed by atoms with Crippen molar-refractivity contribution in [2.45, 2.75) is 56.5 Å². The zero-order chi connectivity index (χ0) is 13.2. The van der Waals surface area contributed by atoms with Crippen molar-refractivity contribution in [2.75, 3.05) is 5.75 Å². The second-order valence-electron chi connectivity index (χ2n) is 6.40. The maximum atomic E-state index is 3.98. The number of thioether (sulfide) groups is 1. The first-order valence-corrected chi connectivity index (χ1v) is 8.70. The molecule has 1 nitrogen and oxygen atoms in total. The van der Waals surface area contributed by atoms with Gasteiger partial charge in [-0.2, -0.15) is 0 Å². The van der Waals surface area contributed by atoms with E-state index in [9.17, 15) is 0 Å². The minimum absolute atomic E-state index is 0.579. The number of hydrogen-bond acceptors (Lipinski definition) is 2. The number of nitrogens with one attached hydrogen (secondary N) is 1. The zero-order valence-corrected chi connectivity index (χ0v) is 12.9. The highest BCUT2D eigenvalue weighted by Gasteiger charge is 2.29. The van der Waals surface area contributed by atoms with Gasteiger partial charge in [0.2, 0.25) is 0 Å². The van der Waals surface area contributed by atoms with Crippen molar-refractivity contribution in [3.8, 4) is 0 Å². The summed E-state index contributed by atoms with van der Waals surface area (Å²) in [4.78, 5) is 1.49. The van der Waals surface area contributed by atoms with Gasteiger partial charge in [-0.05, 0) is 48.5 Å². The summed E-state index contributed by atoms with van der Waals surface area (Å²) in [7, 11) is 0. The van der Waals surface area contributed by atoms with Crippen LogP contribution in [0, 0.1) is 11.8 Å². The molecule has 1 aromatic carbocycles. The van der Waals surface area contributed by atoms with E-state index in [4.69, 9.17) is 0 Å². The van der Waals surface area contributed by atoms with Gasteiger partial charge in [-0.25, -0.2) is 0 Å². The number of benzene rings is 1. The van der Waals surface area contributed by atoms with Gasteiger partial charge in [0.25, 0.3) is 0 Å². The smallest absolute Gasteiger partial charge is 0.0341 e. The first kappa shape index (κ1) is 13.5. The summed E-state index contributed by atoms with van der Waals surface area (Å²) < 4.78 is 0. The van der Waals surface area contributed by atoms with E-state index in [0.717, 1.165) is 11.8 Å². The molecule has 0 aromatic heterocycles. The van der Waals surface area contributed by atoms with E-state index in [1.165, 1.54) is 41.9 Å². The van der Waals surface area contributed by atoms with Crippen LogP contribution in [0.15, 0.2) is 29.2 Å². The number of rotatable bonds is 2. The molecule has 4 unspecified atom stereocenters. The standard InChI is InChI=1S/C17H25NS/c1-12-7-8-13(2)16(11-12)18-15-9-10-19-17-6-4-3-5-14(15)17/h3-6,12-13,15-16,18H,7-11H2,1-2H3. The highest BCUT2D eigenvalue weighted by Crippen LogP contribution is 2.38. The van der Waals surface area contributed by atoms with E-state index < -0.39 is 0 Å². The lowest BCUT2D eigenvalue weighted by Crippen LogP contribution is -2.42. The number of hydrogen-bond donors (Lipinski definition) is 1. The largest absolute Gasteiger partial charge is 0.307 e. The molecule has 2 heteroatoms. The summed E-state index contributed by atoms with van der Waals surface area (Å²) in [5.41, 5.74) is 1.53. The zero-order valence-electron chi connectivity index (χ0n) is 12.1. The van der Waals surface area contributed by atoms with Crippen LogP contribution < -0.4 is 5.32 Å². The van der Waals surface area contributed by atoms with Gasteiger partial charge in [0.1, 0.15) is 0 Å². The van der Waals surface area contributed by atoms with Gasteiger partial charge < -0.3 is 5.32 Å². The van der Waals surface area contributed by atoms with Crippen molar-refractivity contribution in [1.82, 2.24) is 5.32 Å². The molecule has 0 spiro atoms. The molecule has 2 aliphatic rings. The predicted molar refractivity (Wildman–Crippen MR) is 83.6 cm³/mol. The lowest BCUT2D eigenvalue weighted by Gasteiger charge is -2.37. The van der Waals surface area contributed by atoms with Crippen LogP contribution in [0.25, 0.3) is 0 Å². The molecular formula is C17H25NS. The summed E-state index contributed by atoms with van der Waals surface area (Å²) in [6.45, 7) is 4.83. The van der Waals surface area contributed by atoms with Gasteiger partial charge in [-0.3, -0.25) is 0 Å². The SMILES string of the molecule is CC1CCC(C)C(NC2CCSc3ccccc32)C1. The molecule has 1 fully saturated rings. The predicted octanol–water partition coefficient (Wildman–Crippen LogP) is 4.64. The fourth-order valence-electron chi connectivity index (χ4n) is 3.54. The summed E-state index contributed by atoms with van der Waals surface area (Å²) in [5.74, 6) is 2.98. The third kappa shape index (κ3) is 3.00. The van der Waals surface area contributed by atoms with Gasteiger partial charge in [0.05, 0.1) is 0 Å². The summed E-state index contributed by atoms with van der Waals surface area (Å²) in [5, 5.41) is 3.98. The van der Waals surface area contributed by atoms with E-state index >= 15 is 0 Å². The Morgan fingerprint density at radius 2 is 1.95 bits per heavy atom. The van der Waals surface area contributed by atoms with Gasteiger partial charge in [0, 0.05) is 17.0 Å². The third-order valence-corrected chi connectivity index (χ3v) is 5.95. The Hall–Kier alpha value is -0.470. The average Bonchev–Trinajstić information content (AvgIpc) is 2.43. The highest BCUT2D eigenvalue weighted by atomic mass is 32.2. The summed E-state index contributed by atoms with van der Waals surface area (Å²) >= 11 is 2.02. The molecule has 1 heterocycles. The van der Waals surface area contributed by atoms with Crippen LogP contribution in [-0.4, -0.2) is 11.8 Å². The van der Waals surface area contributed by atoms with E-state index in [1.54, 1.807) is 0 Å². The normalized spacial score (nSPS) is 34.8. The Morgan fingerprint density at radius 1 is 1.11 bits per heavy atom.